The fourth-order valence-corrected chi connectivity index (χ4v) is 1.77. The highest BCUT2D eigenvalue weighted by molar-refractivity contribution is 5.60. The molecule has 0 saturated carbocycles. The van der Waals surface area contributed by atoms with Crippen LogP contribution in [0.2, 0.25) is 0 Å². The highest BCUT2D eigenvalue weighted by Crippen LogP contribution is 2.32. The van der Waals surface area contributed by atoms with Gasteiger partial charge >= 0.3 is 0 Å². The van der Waals surface area contributed by atoms with Crippen molar-refractivity contribution in [3.8, 4) is 5.75 Å². The van der Waals surface area contributed by atoms with Gasteiger partial charge in [-0.25, -0.2) is 0 Å². The van der Waals surface area contributed by atoms with Crippen LogP contribution in [0, 0.1) is 0 Å². The summed E-state index contributed by atoms with van der Waals surface area (Å²) in [5.41, 5.74) is 7.93. The van der Waals surface area contributed by atoms with E-state index in [2.05, 4.69) is 0 Å². The lowest BCUT2D eigenvalue weighted by molar-refractivity contribution is 0.304. The van der Waals surface area contributed by atoms with E-state index in [1.807, 2.05) is 37.1 Å². The summed E-state index contributed by atoms with van der Waals surface area (Å²) in [6, 6.07) is 5.70. The van der Waals surface area contributed by atoms with Crippen molar-refractivity contribution in [1.82, 2.24) is 0 Å². The average Bonchev–Trinajstić information content (AvgIpc) is 2.28. The van der Waals surface area contributed by atoms with Crippen molar-refractivity contribution in [2.24, 2.45) is 5.73 Å². The van der Waals surface area contributed by atoms with Crippen LogP contribution in [-0.2, 0) is 0 Å². The lowest BCUT2D eigenvalue weighted by atomic mass is 10.0. The number of hydrogen-bond donors (Lipinski definition) is 2. The predicted molar refractivity (Wildman–Crippen MR) is 66.0 cm³/mol. The van der Waals surface area contributed by atoms with Crippen molar-refractivity contribution in [3.05, 3.63) is 23.8 Å². The van der Waals surface area contributed by atoms with Crippen molar-refractivity contribution in [1.29, 1.82) is 0 Å². The van der Waals surface area contributed by atoms with E-state index in [0.717, 1.165) is 17.0 Å². The third-order valence-corrected chi connectivity index (χ3v) is 2.57. The Hall–Kier alpha value is -1.26. The number of benzene rings is 1. The van der Waals surface area contributed by atoms with E-state index in [9.17, 15) is 0 Å². The number of ether oxygens (including phenoxy) is 1. The fraction of sp³-hybridized carbons (Fsp3) is 0.500. The number of nitrogens with two attached hydrogens (primary N) is 1. The summed E-state index contributed by atoms with van der Waals surface area (Å²) in [6.45, 7) is 2.62. The summed E-state index contributed by atoms with van der Waals surface area (Å²) < 4.78 is 5.31. The summed E-state index contributed by atoms with van der Waals surface area (Å²) in [5.74, 6) is 0.789. The molecule has 0 amide bonds. The Morgan fingerprint density at radius 1 is 1.50 bits per heavy atom. The van der Waals surface area contributed by atoms with Gasteiger partial charge in [-0.15, -0.1) is 0 Å². The molecule has 90 valence electrons. The molecule has 1 atom stereocenters. The van der Waals surface area contributed by atoms with Gasteiger partial charge in [-0.1, -0.05) is 6.07 Å². The molecular weight excluding hydrogens is 204 g/mol. The molecule has 0 fully saturated rings. The molecule has 0 radical (unpaired) electrons. The normalized spacial score (nSPS) is 12.3. The minimum Gasteiger partial charge on any atom is -0.496 e. The summed E-state index contributed by atoms with van der Waals surface area (Å²) in [4.78, 5) is 1.97. The molecule has 0 spiro atoms. The molecule has 0 heterocycles. The Kier molecular flexibility index (Phi) is 4.58. The smallest absolute Gasteiger partial charge is 0.125 e. The van der Waals surface area contributed by atoms with Crippen LogP contribution in [0.3, 0.4) is 0 Å². The van der Waals surface area contributed by atoms with E-state index < -0.39 is 0 Å². The zero-order valence-corrected chi connectivity index (χ0v) is 10.1. The van der Waals surface area contributed by atoms with Crippen molar-refractivity contribution >= 4 is 5.69 Å². The second-order valence-electron chi connectivity index (χ2n) is 3.83. The first kappa shape index (κ1) is 12.8. The molecule has 4 heteroatoms. The molecular formula is C12H20N2O2. The molecule has 0 bridgehead atoms. The first-order valence-corrected chi connectivity index (χ1v) is 5.36. The number of aliphatic hydroxyl groups excluding tert-OH is 1. The lowest BCUT2D eigenvalue weighted by Gasteiger charge is -2.24. The summed E-state index contributed by atoms with van der Waals surface area (Å²) in [5, 5.41) is 8.95. The largest absolute Gasteiger partial charge is 0.496 e. The standard InChI is InChI=1S/C12H20N2O2/c1-9(13)12-10(14(2)7-8-15)5-4-6-11(12)16-3/h4-6,9,15H,7-8,13H2,1-3H3/t9-/m0/s1. The van der Waals surface area contributed by atoms with E-state index in [4.69, 9.17) is 15.6 Å². The van der Waals surface area contributed by atoms with Gasteiger partial charge in [0.1, 0.15) is 5.75 Å². The van der Waals surface area contributed by atoms with Crippen LogP contribution in [0.1, 0.15) is 18.5 Å². The van der Waals surface area contributed by atoms with E-state index in [-0.39, 0.29) is 12.6 Å². The molecule has 3 N–H and O–H groups in total. The number of anilines is 1. The molecule has 0 unspecified atom stereocenters. The molecule has 0 aromatic heterocycles. The Balaban J connectivity index is 3.16. The second-order valence-corrected chi connectivity index (χ2v) is 3.83. The second kappa shape index (κ2) is 5.72. The Morgan fingerprint density at radius 3 is 2.69 bits per heavy atom. The predicted octanol–water partition coefficient (Wildman–Crippen LogP) is 1.14. The molecule has 1 aromatic rings. The molecule has 1 aromatic carbocycles. The van der Waals surface area contributed by atoms with Gasteiger partial charge in [0.25, 0.3) is 0 Å². The van der Waals surface area contributed by atoms with E-state index >= 15 is 0 Å². The molecule has 0 aliphatic rings. The van der Waals surface area contributed by atoms with Gasteiger partial charge in [0.2, 0.25) is 0 Å². The van der Waals surface area contributed by atoms with Gasteiger partial charge in [0, 0.05) is 30.9 Å². The topological polar surface area (TPSA) is 58.7 Å². The SMILES string of the molecule is COc1cccc(N(C)CCO)c1[C@H](C)N. The number of hydrogen-bond acceptors (Lipinski definition) is 4. The minimum absolute atomic E-state index is 0.104. The average molecular weight is 224 g/mol. The highest BCUT2D eigenvalue weighted by Gasteiger charge is 2.15. The van der Waals surface area contributed by atoms with Crippen molar-refractivity contribution < 1.29 is 9.84 Å². The highest BCUT2D eigenvalue weighted by atomic mass is 16.5. The van der Waals surface area contributed by atoms with Gasteiger partial charge in [0.05, 0.1) is 13.7 Å². The Bertz CT molecular complexity index is 340. The van der Waals surface area contributed by atoms with Crippen LogP contribution in [0.15, 0.2) is 18.2 Å². The Morgan fingerprint density at radius 2 is 2.19 bits per heavy atom. The molecule has 1 rings (SSSR count). The van der Waals surface area contributed by atoms with Crippen molar-refractivity contribution in [2.75, 3.05) is 32.2 Å². The number of rotatable bonds is 5. The van der Waals surface area contributed by atoms with Gasteiger partial charge in [-0.2, -0.15) is 0 Å². The maximum atomic E-state index is 8.95. The van der Waals surface area contributed by atoms with E-state index in [1.165, 1.54) is 0 Å². The Labute approximate surface area is 96.6 Å². The van der Waals surface area contributed by atoms with Crippen molar-refractivity contribution in [3.63, 3.8) is 0 Å². The number of nitrogens with zero attached hydrogens (tertiary/aromatic N) is 1. The van der Waals surface area contributed by atoms with Gasteiger partial charge in [0.15, 0.2) is 0 Å². The van der Waals surface area contributed by atoms with Crippen LogP contribution in [0.4, 0.5) is 5.69 Å². The van der Waals surface area contributed by atoms with E-state index in [1.54, 1.807) is 7.11 Å². The third-order valence-electron chi connectivity index (χ3n) is 2.57. The fourth-order valence-electron chi connectivity index (χ4n) is 1.77. The van der Waals surface area contributed by atoms with Crippen LogP contribution in [0.5, 0.6) is 5.75 Å². The van der Waals surface area contributed by atoms with E-state index in [0.29, 0.717) is 6.54 Å². The first-order valence-electron chi connectivity index (χ1n) is 5.36. The van der Waals surface area contributed by atoms with Gasteiger partial charge < -0.3 is 20.5 Å². The molecule has 4 nitrogen and oxygen atoms in total. The molecule has 0 aliphatic carbocycles. The molecule has 0 aliphatic heterocycles. The van der Waals surface area contributed by atoms with Gasteiger partial charge in [-0.05, 0) is 19.1 Å². The zero-order chi connectivity index (χ0) is 12.1. The third kappa shape index (κ3) is 2.65. The minimum atomic E-state index is -0.104. The lowest BCUT2D eigenvalue weighted by Crippen LogP contribution is -2.24. The van der Waals surface area contributed by atoms with Gasteiger partial charge in [-0.3, -0.25) is 0 Å². The summed E-state index contributed by atoms with van der Waals surface area (Å²) in [7, 11) is 3.56. The quantitative estimate of drug-likeness (QED) is 0.787. The number of likely N-dealkylation sites (N-methyl/N-ethyl adjacent to an activating group) is 1. The van der Waals surface area contributed by atoms with Crippen LogP contribution < -0.4 is 15.4 Å². The van der Waals surface area contributed by atoms with Crippen LogP contribution in [0.25, 0.3) is 0 Å². The summed E-state index contributed by atoms with van der Waals surface area (Å²) in [6.07, 6.45) is 0. The number of aliphatic hydroxyl groups is 1. The zero-order valence-electron chi connectivity index (χ0n) is 10.1. The maximum Gasteiger partial charge on any atom is 0.125 e. The number of methoxy groups -OCH3 is 1. The van der Waals surface area contributed by atoms with Crippen LogP contribution in [-0.4, -0.2) is 32.4 Å². The maximum absolute atomic E-state index is 8.95. The summed E-state index contributed by atoms with van der Waals surface area (Å²) >= 11 is 0. The van der Waals surface area contributed by atoms with Crippen LogP contribution >= 0.6 is 0 Å². The molecule has 0 saturated heterocycles. The monoisotopic (exact) mass is 224 g/mol. The van der Waals surface area contributed by atoms with Crippen molar-refractivity contribution in [2.45, 2.75) is 13.0 Å². The molecule has 16 heavy (non-hydrogen) atoms. The first-order chi connectivity index (χ1) is 7.61.